The van der Waals surface area contributed by atoms with E-state index in [4.69, 9.17) is 0 Å². The molecule has 1 heterocycles. The Bertz CT molecular complexity index is 265. The normalized spacial score (nSPS) is 27.8. The highest BCUT2D eigenvalue weighted by Gasteiger charge is 2.22. The van der Waals surface area contributed by atoms with Gasteiger partial charge in [-0.25, -0.2) is 0 Å². The van der Waals surface area contributed by atoms with Crippen LogP contribution < -0.4 is 5.32 Å². The molecule has 2 rings (SSSR count). The zero-order valence-electron chi connectivity index (χ0n) is 8.02. The molecule has 2 atom stereocenters. The Morgan fingerprint density at radius 1 is 1.50 bits per heavy atom. The zero-order valence-corrected chi connectivity index (χ0v) is 8.83. The first-order chi connectivity index (χ1) is 6.86. The summed E-state index contributed by atoms with van der Waals surface area (Å²) < 4.78 is 3.79. The predicted molar refractivity (Wildman–Crippen MR) is 55.0 cm³/mol. The van der Waals surface area contributed by atoms with Gasteiger partial charge in [-0.3, -0.25) is 0 Å². The molecule has 5 heteroatoms. The van der Waals surface area contributed by atoms with Crippen molar-refractivity contribution in [3.63, 3.8) is 0 Å². The third-order valence-corrected chi connectivity index (χ3v) is 3.23. The van der Waals surface area contributed by atoms with E-state index in [1.807, 2.05) is 5.38 Å². The second-order valence-electron chi connectivity index (χ2n) is 3.74. The molecule has 1 aromatic rings. The van der Waals surface area contributed by atoms with Crippen molar-refractivity contribution in [3.8, 4) is 0 Å². The summed E-state index contributed by atoms with van der Waals surface area (Å²) in [4.78, 5) is 0. The van der Waals surface area contributed by atoms with Crippen LogP contribution in [0.5, 0.6) is 0 Å². The van der Waals surface area contributed by atoms with Crippen LogP contribution >= 0.6 is 11.5 Å². The van der Waals surface area contributed by atoms with E-state index in [1.165, 1.54) is 18.0 Å². The van der Waals surface area contributed by atoms with Crippen molar-refractivity contribution in [1.29, 1.82) is 0 Å². The molecule has 0 unspecified atom stereocenters. The summed E-state index contributed by atoms with van der Waals surface area (Å²) in [7, 11) is 0. The smallest absolute Gasteiger partial charge is 0.0893 e. The number of nitrogens with zero attached hydrogens (tertiary/aromatic N) is 2. The maximum Gasteiger partial charge on any atom is 0.0893 e. The first-order valence-electron chi connectivity index (χ1n) is 5.03. The Morgan fingerprint density at radius 2 is 2.36 bits per heavy atom. The Balaban J connectivity index is 1.79. The van der Waals surface area contributed by atoms with E-state index in [2.05, 4.69) is 14.9 Å². The first-order valence-corrected chi connectivity index (χ1v) is 5.87. The summed E-state index contributed by atoms with van der Waals surface area (Å²) in [5.41, 5.74) is 0.966. The number of hydrogen-bond donors (Lipinski definition) is 2. The lowest BCUT2D eigenvalue weighted by atomic mass is 9.92. The lowest BCUT2D eigenvalue weighted by Crippen LogP contribution is -2.41. The van der Waals surface area contributed by atoms with Crippen molar-refractivity contribution < 1.29 is 5.11 Å². The van der Waals surface area contributed by atoms with Crippen LogP contribution in [0.1, 0.15) is 31.4 Å². The van der Waals surface area contributed by atoms with Gasteiger partial charge in [0, 0.05) is 18.0 Å². The van der Waals surface area contributed by atoms with E-state index in [0.717, 1.165) is 31.5 Å². The van der Waals surface area contributed by atoms with Gasteiger partial charge in [0.25, 0.3) is 0 Å². The monoisotopic (exact) mass is 213 g/mol. The van der Waals surface area contributed by atoms with Gasteiger partial charge >= 0.3 is 0 Å². The van der Waals surface area contributed by atoms with Crippen molar-refractivity contribution in [2.24, 2.45) is 0 Å². The lowest BCUT2D eigenvalue weighted by Gasteiger charge is -2.28. The molecule has 0 saturated heterocycles. The minimum absolute atomic E-state index is 0.185. The quantitative estimate of drug-likeness (QED) is 0.784. The highest BCUT2D eigenvalue weighted by molar-refractivity contribution is 7.03. The molecule has 0 bridgehead atoms. The summed E-state index contributed by atoms with van der Waals surface area (Å²) in [6.45, 7) is 0.720. The van der Waals surface area contributed by atoms with Crippen LogP contribution in [0.3, 0.4) is 0 Å². The molecule has 2 N–H and O–H groups in total. The third kappa shape index (κ3) is 2.50. The summed E-state index contributed by atoms with van der Waals surface area (Å²) in [5.74, 6) is 0. The molecule has 0 radical (unpaired) electrons. The third-order valence-electron chi connectivity index (χ3n) is 2.68. The molecule has 4 nitrogen and oxygen atoms in total. The average molecular weight is 213 g/mol. The molecular formula is C9H15N3OS. The molecule has 1 aliphatic carbocycles. The second kappa shape index (κ2) is 4.82. The van der Waals surface area contributed by atoms with Gasteiger partial charge < -0.3 is 10.4 Å². The van der Waals surface area contributed by atoms with E-state index in [9.17, 15) is 5.11 Å². The fourth-order valence-corrected chi connectivity index (χ4v) is 2.30. The van der Waals surface area contributed by atoms with E-state index >= 15 is 0 Å². The number of hydrogen-bond acceptors (Lipinski definition) is 5. The number of aliphatic hydroxyl groups is 1. The second-order valence-corrected chi connectivity index (χ2v) is 4.35. The van der Waals surface area contributed by atoms with Gasteiger partial charge in [-0.2, -0.15) is 0 Å². The molecule has 1 aliphatic rings. The molecule has 0 spiro atoms. The number of aliphatic hydroxyl groups excluding tert-OH is 1. The number of aromatic nitrogens is 2. The average Bonchev–Trinajstić information content (AvgIpc) is 2.69. The zero-order chi connectivity index (χ0) is 9.80. The van der Waals surface area contributed by atoms with E-state index in [-0.39, 0.29) is 12.1 Å². The summed E-state index contributed by atoms with van der Waals surface area (Å²) in [6, 6.07) is 0.241. The lowest BCUT2D eigenvalue weighted by molar-refractivity contribution is 0.0901. The summed E-state index contributed by atoms with van der Waals surface area (Å²) in [6.07, 6.45) is 4.17. The molecule has 0 aromatic carbocycles. The maximum atomic E-state index is 9.70. The SMILES string of the molecule is O[C@H]1CCCC[C@@H]1NCc1csnn1. The Morgan fingerprint density at radius 3 is 3.07 bits per heavy atom. The topological polar surface area (TPSA) is 58.0 Å². The van der Waals surface area contributed by atoms with E-state index < -0.39 is 0 Å². The Hall–Kier alpha value is -0.520. The highest BCUT2D eigenvalue weighted by atomic mass is 32.1. The van der Waals surface area contributed by atoms with Crippen LogP contribution in [0.25, 0.3) is 0 Å². The summed E-state index contributed by atoms with van der Waals surface area (Å²) in [5, 5.41) is 18.9. The molecule has 1 aromatic heterocycles. The van der Waals surface area contributed by atoms with Gasteiger partial charge in [-0.05, 0) is 24.4 Å². The minimum Gasteiger partial charge on any atom is -0.392 e. The van der Waals surface area contributed by atoms with Crippen LogP contribution in [-0.4, -0.2) is 26.8 Å². The predicted octanol–water partition coefficient (Wildman–Crippen LogP) is 0.931. The number of rotatable bonds is 3. The fourth-order valence-electron chi connectivity index (χ4n) is 1.85. The molecule has 1 fully saturated rings. The summed E-state index contributed by atoms with van der Waals surface area (Å²) >= 11 is 1.36. The largest absolute Gasteiger partial charge is 0.392 e. The molecule has 78 valence electrons. The Kier molecular flexibility index (Phi) is 3.44. The van der Waals surface area contributed by atoms with Crippen molar-refractivity contribution in [1.82, 2.24) is 14.9 Å². The highest BCUT2D eigenvalue weighted by Crippen LogP contribution is 2.18. The van der Waals surface area contributed by atoms with Gasteiger partial charge in [0.15, 0.2) is 0 Å². The first kappa shape index (κ1) is 10.0. The molecular weight excluding hydrogens is 198 g/mol. The van der Waals surface area contributed by atoms with Crippen LogP contribution in [0.2, 0.25) is 0 Å². The maximum absolute atomic E-state index is 9.70. The Labute approximate surface area is 87.5 Å². The molecule has 0 amide bonds. The molecule has 1 saturated carbocycles. The molecule has 14 heavy (non-hydrogen) atoms. The van der Waals surface area contributed by atoms with Gasteiger partial charge in [0.05, 0.1) is 11.8 Å². The van der Waals surface area contributed by atoms with Gasteiger partial charge in [0.1, 0.15) is 0 Å². The minimum atomic E-state index is -0.185. The van der Waals surface area contributed by atoms with Crippen LogP contribution in [0, 0.1) is 0 Å². The van der Waals surface area contributed by atoms with Crippen molar-refractivity contribution in [3.05, 3.63) is 11.1 Å². The van der Waals surface area contributed by atoms with Gasteiger partial charge in [-0.1, -0.05) is 17.3 Å². The van der Waals surface area contributed by atoms with Crippen molar-refractivity contribution >= 4 is 11.5 Å². The van der Waals surface area contributed by atoms with Crippen LogP contribution in [0.4, 0.5) is 0 Å². The van der Waals surface area contributed by atoms with Crippen molar-refractivity contribution in [2.75, 3.05) is 0 Å². The van der Waals surface area contributed by atoms with E-state index in [1.54, 1.807) is 0 Å². The van der Waals surface area contributed by atoms with Crippen molar-refractivity contribution in [2.45, 2.75) is 44.4 Å². The number of nitrogens with one attached hydrogen (secondary N) is 1. The van der Waals surface area contributed by atoms with Gasteiger partial charge in [-0.15, -0.1) is 5.10 Å². The van der Waals surface area contributed by atoms with E-state index in [0.29, 0.717) is 0 Å². The molecule has 0 aliphatic heterocycles. The fraction of sp³-hybridized carbons (Fsp3) is 0.778. The van der Waals surface area contributed by atoms with Crippen LogP contribution in [0.15, 0.2) is 5.38 Å². The van der Waals surface area contributed by atoms with Crippen LogP contribution in [-0.2, 0) is 6.54 Å². The van der Waals surface area contributed by atoms with Gasteiger partial charge in [0.2, 0.25) is 0 Å². The standard InChI is InChI=1S/C9H15N3OS/c13-9-4-2-1-3-8(9)10-5-7-6-14-12-11-7/h6,8-10,13H,1-5H2/t8-,9-/m0/s1.